The van der Waals surface area contributed by atoms with E-state index in [1.807, 2.05) is 37.7 Å². The van der Waals surface area contributed by atoms with E-state index in [0.717, 1.165) is 17.8 Å². The van der Waals surface area contributed by atoms with E-state index >= 15 is 0 Å². The summed E-state index contributed by atoms with van der Waals surface area (Å²) in [7, 11) is 0.385. The second kappa shape index (κ2) is 7.20. The van der Waals surface area contributed by atoms with Crippen LogP contribution in [0.4, 0.5) is 5.69 Å². The van der Waals surface area contributed by atoms with Crippen molar-refractivity contribution in [2.45, 2.75) is 25.7 Å². The minimum absolute atomic E-state index is 0.272. The first-order chi connectivity index (χ1) is 9.74. The molecule has 0 saturated carbocycles. The normalized spacial score (nSPS) is 11.3. The third-order valence-electron chi connectivity index (χ3n) is 3.26. The Morgan fingerprint density at radius 3 is 2.38 bits per heavy atom. The van der Waals surface area contributed by atoms with Gasteiger partial charge >= 0.3 is 0 Å². The lowest BCUT2D eigenvalue weighted by Crippen LogP contribution is -2.38. The molecule has 1 aromatic carbocycles. The lowest BCUT2D eigenvalue weighted by Gasteiger charge is -2.28. The van der Waals surface area contributed by atoms with Crippen LogP contribution in [0.1, 0.15) is 19.4 Å². The van der Waals surface area contributed by atoms with Crippen LogP contribution in [0.25, 0.3) is 0 Å². The van der Waals surface area contributed by atoms with Gasteiger partial charge in [0.25, 0.3) is 0 Å². The maximum Gasteiger partial charge on any atom is 0.240 e. The average molecular weight is 329 g/mol. The van der Waals surface area contributed by atoms with Gasteiger partial charge in [-0.1, -0.05) is 6.92 Å². The molecule has 1 N–H and O–H groups in total. The van der Waals surface area contributed by atoms with Gasteiger partial charge in [0.05, 0.1) is 4.90 Å². The average Bonchev–Trinajstić information content (AvgIpc) is 2.44. The molecule has 1 rings (SSSR count). The molecule has 118 valence electrons. The van der Waals surface area contributed by atoms with Gasteiger partial charge in [-0.3, -0.25) is 0 Å². The fraction of sp³-hybridized carbons (Fsp3) is 0.500. The molecule has 1 aromatic rings. The molecule has 0 saturated heterocycles. The molecule has 0 bridgehead atoms. The Morgan fingerprint density at radius 2 is 1.90 bits per heavy atom. The summed E-state index contributed by atoms with van der Waals surface area (Å²) in [4.78, 5) is 4.12. The quantitative estimate of drug-likeness (QED) is 0.837. The van der Waals surface area contributed by atoms with Crippen molar-refractivity contribution in [1.29, 1.82) is 0 Å². The summed E-state index contributed by atoms with van der Waals surface area (Å²) in [5, 5.41) is 0.697. The van der Waals surface area contributed by atoms with E-state index in [9.17, 15) is 8.42 Å². The van der Waals surface area contributed by atoms with Crippen LogP contribution in [0, 0.1) is 6.92 Å². The Balaban J connectivity index is 3.12. The van der Waals surface area contributed by atoms with E-state index in [2.05, 4.69) is 4.72 Å². The summed E-state index contributed by atoms with van der Waals surface area (Å²) in [5.74, 6) is 0. The Kier molecular flexibility index (Phi) is 6.12. The highest BCUT2D eigenvalue weighted by molar-refractivity contribution is 7.89. The zero-order chi connectivity index (χ0) is 16.2. The van der Waals surface area contributed by atoms with Crippen molar-refractivity contribution in [3.05, 3.63) is 23.8 Å². The van der Waals surface area contributed by atoms with Gasteiger partial charge in [-0.05, 0) is 49.8 Å². The maximum absolute atomic E-state index is 12.0. The van der Waals surface area contributed by atoms with Crippen LogP contribution >= 0.6 is 12.2 Å². The van der Waals surface area contributed by atoms with E-state index in [4.69, 9.17) is 12.2 Å². The molecular formula is C14H23N3O2S2. The summed E-state index contributed by atoms with van der Waals surface area (Å²) in [6.07, 6.45) is 0. The predicted octanol–water partition coefficient (Wildman–Crippen LogP) is 1.97. The molecule has 21 heavy (non-hydrogen) atoms. The van der Waals surface area contributed by atoms with Crippen molar-refractivity contribution in [1.82, 2.24) is 9.62 Å². The SMILES string of the molecule is CCNS(=O)(=O)c1ccc(N(C)C(=S)N(C)CC)c(C)c1. The van der Waals surface area contributed by atoms with E-state index in [1.54, 1.807) is 25.1 Å². The van der Waals surface area contributed by atoms with Gasteiger partial charge in [-0.25, -0.2) is 13.1 Å². The topological polar surface area (TPSA) is 52.7 Å². The highest BCUT2D eigenvalue weighted by Gasteiger charge is 2.17. The number of benzene rings is 1. The summed E-state index contributed by atoms with van der Waals surface area (Å²) in [5.41, 5.74) is 1.76. The van der Waals surface area contributed by atoms with Crippen molar-refractivity contribution >= 4 is 33.0 Å². The monoisotopic (exact) mass is 329 g/mol. The zero-order valence-electron chi connectivity index (χ0n) is 13.2. The third-order valence-corrected chi connectivity index (χ3v) is 5.39. The maximum atomic E-state index is 12.0. The second-order valence-corrected chi connectivity index (χ2v) is 6.94. The summed E-state index contributed by atoms with van der Waals surface area (Å²) >= 11 is 5.41. The van der Waals surface area contributed by atoms with Crippen molar-refractivity contribution in [2.75, 3.05) is 32.1 Å². The van der Waals surface area contributed by atoms with Gasteiger partial charge in [0, 0.05) is 32.9 Å². The molecule has 0 aliphatic heterocycles. The van der Waals surface area contributed by atoms with Gasteiger partial charge < -0.3 is 9.80 Å². The Bertz CT molecular complexity index is 615. The number of sulfonamides is 1. The predicted molar refractivity (Wildman–Crippen MR) is 91.3 cm³/mol. The van der Waals surface area contributed by atoms with Crippen LogP contribution in [-0.4, -0.2) is 45.6 Å². The molecule has 0 aliphatic carbocycles. The fourth-order valence-electron chi connectivity index (χ4n) is 1.94. The highest BCUT2D eigenvalue weighted by Crippen LogP contribution is 2.23. The number of hydrogen-bond donors (Lipinski definition) is 1. The van der Waals surface area contributed by atoms with Gasteiger partial charge in [0.1, 0.15) is 0 Å². The van der Waals surface area contributed by atoms with Gasteiger partial charge in [0.2, 0.25) is 10.0 Å². The van der Waals surface area contributed by atoms with Crippen LogP contribution in [0.2, 0.25) is 0 Å². The van der Waals surface area contributed by atoms with Crippen LogP contribution in [0.3, 0.4) is 0 Å². The van der Waals surface area contributed by atoms with Gasteiger partial charge in [-0.15, -0.1) is 0 Å². The largest absolute Gasteiger partial charge is 0.352 e. The van der Waals surface area contributed by atoms with Crippen molar-refractivity contribution < 1.29 is 8.42 Å². The van der Waals surface area contributed by atoms with Crippen molar-refractivity contribution in [3.8, 4) is 0 Å². The Labute approximate surface area is 133 Å². The van der Waals surface area contributed by atoms with E-state index < -0.39 is 10.0 Å². The molecule has 0 unspecified atom stereocenters. The number of aryl methyl sites for hydroxylation is 1. The van der Waals surface area contributed by atoms with Crippen LogP contribution in [0.5, 0.6) is 0 Å². The number of thiocarbonyl (C=S) groups is 1. The molecule has 0 aromatic heterocycles. The molecule has 5 nitrogen and oxygen atoms in total. The minimum atomic E-state index is -3.43. The first-order valence-electron chi connectivity index (χ1n) is 6.83. The number of nitrogens with zero attached hydrogens (tertiary/aromatic N) is 2. The molecule has 0 heterocycles. The number of rotatable bonds is 5. The minimum Gasteiger partial charge on any atom is -0.352 e. The molecule has 0 atom stereocenters. The lowest BCUT2D eigenvalue weighted by molar-refractivity contribution is 0.536. The smallest absolute Gasteiger partial charge is 0.240 e. The van der Waals surface area contributed by atoms with E-state index in [1.165, 1.54) is 0 Å². The van der Waals surface area contributed by atoms with Gasteiger partial charge in [0.15, 0.2) is 5.11 Å². The number of hydrogen-bond acceptors (Lipinski definition) is 3. The second-order valence-electron chi connectivity index (χ2n) is 4.81. The molecule has 0 radical (unpaired) electrons. The van der Waals surface area contributed by atoms with E-state index in [-0.39, 0.29) is 4.90 Å². The molecule has 0 aliphatic rings. The standard InChI is InChI=1S/C14H23N3O2S2/c1-6-15-21(18,19)12-8-9-13(11(3)10-12)17(5)14(20)16(4)7-2/h8-10,15H,6-7H2,1-5H3. The van der Waals surface area contributed by atoms with E-state index in [0.29, 0.717) is 11.7 Å². The van der Waals surface area contributed by atoms with Crippen LogP contribution in [0.15, 0.2) is 23.1 Å². The lowest BCUT2D eigenvalue weighted by atomic mass is 10.2. The summed E-state index contributed by atoms with van der Waals surface area (Å²) < 4.78 is 26.5. The van der Waals surface area contributed by atoms with Crippen molar-refractivity contribution in [2.24, 2.45) is 0 Å². The van der Waals surface area contributed by atoms with Crippen molar-refractivity contribution in [3.63, 3.8) is 0 Å². The third kappa shape index (κ3) is 4.15. The molecule has 0 amide bonds. The van der Waals surface area contributed by atoms with Gasteiger partial charge in [-0.2, -0.15) is 0 Å². The number of nitrogens with one attached hydrogen (secondary N) is 1. The summed E-state index contributed by atoms with van der Waals surface area (Å²) in [6, 6.07) is 5.05. The Morgan fingerprint density at radius 1 is 1.29 bits per heavy atom. The fourth-order valence-corrected chi connectivity index (χ4v) is 3.29. The van der Waals surface area contributed by atoms with Crippen LogP contribution < -0.4 is 9.62 Å². The first kappa shape index (κ1) is 17.9. The Hall–Kier alpha value is -1.18. The van der Waals surface area contributed by atoms with Crippen LogP contribution in [-0.2, 0) is 10.0 Å². The molecule has 7 heteroatoms. The summed E-state index contributed by atoms with van der Waals surface area (Å²) in [6.45, 7) is 6.85. The number of anilines is 1. The molecular weight excluding hydrogens is 306 g/mol. The highest BCUT2D eigenvalue weighted by atomic mass is 32.2. The molecule has 0 spiro atoms. The molecule has 0 fully saturated rings. The zero-order valence-corrected chi connectivity index (χ0v) is 14.8. The first-order valence-corrected chi connectivity index (χ1v) is 8.72.